The van der Waals surface area contributed by atoms with Gasteiger partial charge in [0.05, 0.1) is 5.01 Å². The van der Waals surface area contributed by atoms with Crippen molar-refractivity contribution in [1.29, 1.82) is 0 Å². The molecule has 0 aromatic carbocycles. The minimum absolute atomic E-state index is 0.440. The maximum Gasteiger partial charge on any atom is 0.0958 e. The van der Waals surface area contributed by atoms with E-state index < -0.39 is 0 Å². The Morgan fingerprint density at radius 1 is 1.33 bits per heavy atom. The van der Waals surface area contributed by atoms with Gasteiger partial charge in [-0.05, 0) is 26.3 Å². The second kappa shape index (κ2) is 6.23. The maximum absolute atomic E-state index is 4.54. The Bertz CT molecular complexity index is 279. The van der Waals surface area contributed by atoms with Gasteiger partial charge in [0.25, 0.3) is 0 Å². The van der Waals surface area contributed by atoms with E-state index in [2.05, 4.69) is 38.0 Å². The maximum atomic E-state index is 4.54. The van der Waals surface area contributed by atoms with E-state index in [9.17, 15) is 0 Å². The summed E-state index contributed by atoms with van der Waals surface area (Å²) in [7, 11) is 0. The Hall–Kier alpha value is -0.410. The van der Waals surface area contributed by atoms with Gasteiger partial charge in [0.2, 0.25) is 0 Å². The van der Waals surface area contributed by atoms with E-state index >= 15 is 0 Å². The largest absolute Gasteiger partial charge is 0.310 e. The van der Waals surface area contributed by atoms with Crippen molar-refractivity contribution in [2.45, 2.75) is 52.5 Å². The molecule has 0 aliphatic carbocycles. The van der Waals surface area contributed by atoms with Crippen LogP contribution in [0.3, 0.4) is 0 Å². The zero-order valence-electron chi connectivity index (χ0n) is 10.2. The lowest BCUT2D eigenvalue weighted by atomic mass is 10.1. The van der Waals surface area contributed by atoms with E-state index in [-0.39, 0.29) is 0 Å². The molecule has 0 saturated carbocycles. The van der Waals surface area contributed by atoms with Crippen LogP contribution >= 0.6 is 11.3 Å². The monoisotopic (exact) mass is 226 g/mol. The van der Waals surface area contributed by atoms with E-state index in [1.807, 2.05) is 17.5 Å². The number of nitrogens with one attached hydrogen (secondary N) is 1. The van der Waals surface area contributed by atoms with Crippen LogP contribution in [-0.2, 0) is 0 Å². The Morgan fingerprint density at radius 2 is 2.00 bits per heavy atom. The minimum atomic E-state index is 0.440. The smallest absolute Gasteiger partial charge is 0.0958 e. The van der Waals surface area contributed by atoms with Gasteiger partial charge < -0.3 is 5.32 Å². The summed E-state index contributed by atoms with van der Waals surface area (Å²) in [6.45, 7) is 9.83. The van der Waals surface area contributed by atoms with E-state index in [1.165, 1.54) is 22.7 Å². The summed E-state index contributed by atoms with van der Waals surface area (Å²) < 4.78 is 0. The van der Waals surface area contributed by atoms with Crippen LogP contribution in [0.15, 0.2) is 6.20 Å². The van der Waals surface area contributed by atoms with Gasteiger partial charge in [0, 0.05) is 23.0 Å². The molecule has 86 valence electrons. The summed E-state index contributed by atoms with van der Waals surface area (Å²) in [6.07, 6.45) is 4.42. The fourth-order valence-electron chi connectivity index (χ4n) is 1.73. The summed E-state index contributed by atoms with van der Waals surface area (Å²) in [4.78, 5) is 5.90. The standard InChI is InChI=1S/C12H22N2S/c1-5-10(6-2)12-14-8-11(15-12)9(4)13-7-3/h8-10,13H,5-7H2,1-4H3. The fourth-order valence-corrected chi connectivity index (χ4v) is 2.95. The first kappa shape index (κ1) is 12.7. The molecule has 0 spiro atoms. The molecule has 0 aliphatic heterocycles. The predicted molar refractivity (Wildman–Crippen MR) is 67.5 cm³/mol. The molecule has 0 saturated heterocycles. The van der Waals surface area contributed by atoms with Crippen molar-refractivity contribution in [2.75, 3.05) is 6.54 Å². The second-order valence-electron chi connectivity index (χ2n) is 3.89. The van der Waals surface area contributed by atoms with Gasteiger partial charge in [0.1, 0.15) is 0 Å². The van der Waals surface area contributed by atoms with Crippen LogP contribution in [-0.4, -0.2) is 11.5 Å². The zero-order valence-corrected chi connectivity index (χ0v) is 11.0. The molecular formula is C12H22N2S. The first-order valence-electron chi connectivity index (χ1n) is 5.91. The van der Waals surface area contributed by atoms with Gasteiger partial charge in [-0.3, -0.25) is 0 Å². The van der Waals surface area contributed by atoms with E-state index in [0.717, 1.165) is 6.54 Å². The van der Waals surface area contributed by atoms with Crippen molar-refractivity contribution >= 4 is 11.3 Å². The van der Waals surface area contributed by atoms with Gasteiger partial charge in [-0.2, -0.15) is 0 Å². The number of thiazole rings is 1. The van der Waals surface area contributed by atoms with Crippen LogP contribution < -0.4 is 5.32 Å². The van der Waals surface area contributed by atoms with Crippen molar-refractivity contribution in [3.8, 4) is 0 Å². The highest BCUT2D eigenvalue weighted by molar-refractivity contribution is 7.11. The number of hydrogen-bond acceptors (Lipinski definition) is 3. The molecule has 1 rings (SSSR count). The summed E-state index contributed by atoms with van der Waals surface area (Å²) in [6, 6.07) is 0.440. The molecule has 3 heteroatoms. The third-order valence-electron chi connectivity index (χ3n) is 2.81. The van der Waals surface area contributed by atoms with E-state index in [0.29, 0.717) is 12.0 Å². The molecule has 0 fully saturated rings. The van der Waals surface area contributed by atoms with Crippen LogP contribution in [0, 0.1) is 0 Å². The SMILES string of the molecule is CCNC(C)c1cnc(C(CC)CC)s1. The summed E-state index contributed by atoms with van der Waals surface area (Å²) in [5.41, 5.74) is 0. The van der Waals surface area contributed by atoms with Crippen LogP contribution in [0.25, 0.3) is 0 Å². The highest BCUT2D eigenvalue weighted by Gasteiger charge is 2.14. The normalized spacial score (nSPS) is 13.4. The van der Waals surface area contributed by atoms with Gasteiger partial charge >= 0.3 is 0 Å². The predicted octanol–water partition coefficient (Wildman–Crippen LogP) is 3.72. The number of aromatic nitrogens is 1. The Labute approximate surface area is 97.1 Å². The number of rotatable bonds is 6. The molecule has 0 radical (unpaired) electrons. The van der Waals surface area contributed by atoms with Crippen LogP contribution in [0.1, 0.15) is 62.4 Å². The molecule has 1 atom stereocenters. The molecular weight excluding hydrogens is 204 g/mol. The molecule has 1 aromatic rings. The summed E-state index contributed by atoms with van der Waals surface area (Å²) in [5, 5.41) is 4.73. The average molecular weight is 226 g/mol. The number of hydrogen-bond donors (Lipinski definition) is 1. The van der Waals surface area contributed by atoms with Crippen molar-refractivity contribution in [1.82, 2.24) is 10.3 Å². The average Bonchev–Trinajstić information content (AvgIpc) is 2.69. The third-order valence-corrected chi connectivity index (χ3v) is 4.16. The van der Waals surface area contributed by atoms with Crippen molar-refractivity contribution < 1.29 is 0 Å². The molecule has 15 heavy (non-hydrogen) atoms. The van der Waals surface area contributed by atoms with E-state index in [4.69, 9.17) is 0 Å². The Balaban J connectivity index is 2.70. The van der Waals surface area contributed by atoms with Crippen molar-refractivity contribution in [3.05, 3.63) is 16.1 Å². The van der Waals surface area contributed by atoms with Gasteiger partial charge in [-0.1, -0.05) is 20.8 Å². The summed E-state index contributed by atoms with van der Waals surface area (Å²) >= 11 is 1.86. The van der Waals surface area contributed by atoms with Gasteiger partial charge in [0.15, 0.2) is 0 Å². The van der Waals surface area contributed by atoms with Gasteiger partial charge in [-0.15, -0.1) is 11.3 Å². The fraction of sp³-hybridized carbons (Fsp3) is 0.750. The first-order valence-corrected chi connectivity index (χ1v) is 6.73. The Kier molecular flexibility index (Phi) is 5.26. The minimum Gasteiger partial charge on any atom is -0.310 e. The molecule has 2 nitrogen and oxygen atoms in total. The first-order chi connectivity index (χ1) is 7.22. The quantitative estimate of drug-likeness (QED) is 0.799. The molecule has 1 heterocycles. The molecule has 0 aliphatic rings. The molecule has 0 bridgehead atoms. The van der Waals surface area contributed by atoms with Crippen LogP contribution in [0.2, 0.25) is 0 Å². The second-order valence-corrected chi connectivity index (χ2v) is 4.99. The number of nitrogens with zero attached hydrogens (tertiary/aromatic N) is 1. The molecule has 1 N–H and O–H groups in total. The molecule has 1 aromatic heterocycles. The van der Waals surface area contributed by atoms with Crippen LogP contribution in [0.4, 0.5) is 0 Å². The Morgan fingerprint density at radius 3 is 2.53 bits per heavy atom. The van der Waals surface area contributed by atoms with E-state index in [1.54, 1.807) is 0 Å². The highest BCUT2D eigenvalue weighted by atomic mass is 32.1. The van der Waals surface area contributed by atoms with Crippen molar-refractivity contribution in [3.63, 3.8) is 0 Å². The topological polar surface area (TPSA) is 24.9 Å². The van der Waals surface area contributed by atoms with Gasteiger partial charge in [-0.25, -0.2) is 4.98 Å². The van der Waals surface area contributed by atoms with Crippen molar-refractivity contribution in [2.24, 2.45) is 0 Å². The molecule has 0 amide bonds. The highest BCUT2D eigenvalue weighted by Crippen LogP contribution is 2.29. The lowest BCUT2D eigenvalue weighted by molar-refractivity contribution is 0.606. The lowest BCUT2D eigenvalue weighted by Gasteiger charge is -2.09. The lowest BCUT2D eigenvalue weighted by Crippen LogP contribution is -2.16. The zero-order chi connectivity index (χ0) is 11.3. The third kappa shape index (κ3) is 3.28. The van der Waals surface area contributed by atoms with Crippen LogP contribution in [0.5, 0.6) is 0 Å². The molecule has 1 unspecified atom stereocenters. The summed E-state index contributed by atoms with van der Waals surface area (Å²) in [5.74, 6) is 0.651.